The molecule has 0 aliphatic heterocycles. The van der Waals surface area contributed by atoms with Crippen molar-refractivity contribution >= 4 is 40.0 Å². The second kappa shape index (κ2) is 8.52. The molecule has 160 valence electrons. The Morgan fingerprint density at radius 1 is 0.719 bits per heavy atom. The van der Waals surface area contributed by atoms with Crippen molar-refractivity contribution in [3.8, 4) is 0 Å². The van der Waals surface area contributed by atoms with Gasteiger partial charge in [0.2, 0.25) is 0 Å². The minimum atomic E-state index is -4.12. The predicted octanol–water partition coefficient (Wildman–Crippen LogP) is 6.53. The highest BCUT2D eigenvalue weighted by Crippen LogP contribution is 2.39. The maximum absolute atomic E-state index is 11.0. The van der Waals surface area contributed by atoms with Crippen molar-refractivity contribution in [3.63, 3.8) is 0 Å². The van der Waals surface area contributed by atoms with Crippen molar-refractivity contribution in [2.24, 2.45) is 0 Å². The topological polar surface area (TPSA) is 57.5 Å². The van der Waals surface area contributed by atoms with E-state index in [0.717, 1.165) is 10.8 Å². The number of rotatable bonds is 1. The number of benzene rings is 4. The van der Waals surface area contributed by atoms with Gasteiger partial charge in [0, 0.05) is 0 Å². The number of hydrogen-bond donors (Lipinski definition) is 2. The molecule has 0 heterocycles. The van der Waals surface area contributed by atoms with Gasteiger partial charge in [-0.15, -0.1) is 0 Å². The Balaban J connectivity index is 0.000000140. The van der Waals surface area contributed by atoms with Crippen LogP contribution in [0.2, 0.25) is 0 Å². The molecule has 0 aromatic heterocycles. The van der Waals surface area contributed by atoms with Crippen molar-refractivity contribution in [3.05, 3.63) is 108 Å². The fourth-order valence-electron chi connectivity index (χ4n) is 4.74. The van der Waals surface area contributed by atoms with Crippen LogP contribution in [0.15, 0.2) is 96.6 Å². The second-order valence-corrected chi connectivity index (χ2v) is 9.95. The molecule has 2 N–H and O–H groups in total. The lowest BCUT2D eigenvalue weighted by Crippen LogP contribution is -2.06. The fraction of sp³-hybridized carbons (Fsp3) is 0.143. The molecule has 0 amide bonds. The average molecular weight is 440 g/mol. The average Bonchev–Trinajstić information content (AvgIpc) is 2.83. The van der Waals surface area contributed by atoms with Gasteiger partial charge >= 0.3 is 7.60 Å². The van der Waals surface area contributed by atoms with Crippen LogP contribution in [0.4, 0.5) is 0 Å². The highest BCUT2D eigenvalue weighted by atomic mass is 31.2. The van der Waals surface area contributed by atoms with E-state index in [9.17, 15) is 4.57 Å². The lowest BCUT2D eigenvalue weighted by Gasteiger charge is -2.25. The number of hydrogen-bond acceptors (Lipinski definition) is 1. The van der Waals surface area contributed by atoms with Gasteiger partial charge in [0.05, 0.1) is 5.30 Å². The fourth-order valence-corrected chi connectivity index (χ4v) is 5.32. The third kappa shape index (κ3) is 4.08. The van der Waals surface area contributed by atoms with E-state index in [0.29, 0.717) is 0 Å². The molecule has 0 unspecified atom stereocenters. The summed E-state index contributed by atoms with van der Waals surface area (Å²) in [4.78, 5) is 17.9. The third-order valence-electron chi connectivity index (χ3n) is 6.36. The van der Waals surface area contributed by atoms with E-state index in [4.69, 9.17) is 9.79 Å². The first-order valence-corrected chi connectivity index (χ1v) is 12.6. The smallest absolute Gasteiger partial charge is 0.321 e. The van der Waals surface area contributed by atoms with Crippen LogP contribution in [-0.4, -0.2) is 9.79 Å². The highest BCUT2D eigenvalue weighted by molar-refractivity contribution is 7.60. The Bertz CT molecular complexity index is 1430. The molecule has 0 bridgehead atoms. The predicted molar refractivity (Wildman–Crippen MR) is 133 cm³/mol. The van der Waals surface area contributed by atoms with Crippen LogP contribution >= 0.6 is 7.60 Å². The van der Waals surface area contributed by atoms with E-state index in [2.05, 4.69) is 48.6 Å². The Kier molecular flexibility index (Phi) is 5.57. The SMILES string of the molecule is C1=CC2=C(CC1)CCc1c2ccc2ccccc12.O=P(O)(O)c1ccc2ccccc2c1. The number of allylic oxidation sites excluding steroid dienone is 4. The van der Waals surface area contributed by atoms with Crippen LogP contribution in [0.1, 0.15) is 30.4 Å². The lowest BCUT2D eigenvalue weighted by atomic mass is 9.80. The molecule has 0 spiro atoms. The molecular formula is C28H25O3P. The Morgan fingerprint density at radius 2 is 1.44 bits per heavy atom. The molecule has 2 aliphatic rings. The summed E-state index contributed by atoms with van der Waals surface area (Å²) >= 11 is 0. The molecule has 0 atom stereocenters. The first kappa shape index (κ1) is 20.9. The maximum atomic E-state index is 11.0. The Labute approximate surface area is 187 Å². The monoisotopic (exact) mass is 440 g/mol. The molecule has 0 saturated heterocycles. The molecule has 32 heavy (non-hydrogen) atoms. The molecule has 6 rings (SSSR count). The molecule has 0 radical (unpaired) electrons. The first-order valence-electron chi connectivity index (χ1n) is 11.0. The molecule has 4 aromatic carbocycles. The summed E-state index contributed by atoms with van der Waals surface area (Å²) in [6.07, 6.45) is 9.61. The van der Waals surface area contributed by atoms with Gasteiger partial charge in [0.25, 0.3) is 0 Å². The van der Waals surface area contributed by atoms with Gasteiger partial charge in [0.1, 0.15) is 0 Å². The Morgan fingerprint density at radius 3 is 2.25 bits per heavy atom. The summed E-state index contributed by atoms with van der Waals surface area (Å²) in [5.41, 5.74) is 6.21. The van der Waals surface area contributed by atoms with Crippen molar-refractivity contribution < 1.29 is 14.4 Å². The van der Waals surface area contributed by atoms with Gasteiger partial charge in [0.15, 0.2) is 0 Å². The van der Waals surface area contributed by atoms with Gasteiger partial charge in [-0.2, -0.15) is 0 Å². The molecule has 4 heteroatoms. The highest BCUT2D eigenvalue weighted by Gasteiger charge is 2.20. The number of fused-ring (bicyclic) bond motifs is 5. The quantitative estimate of drug-likeness (QED) is 0.331. The normalized spacial score (nSPS) is 15.2. The zero-order valence-electron chi connectivity index (χ0n) is 17.7. The second-order valence-electron chi connectivity index (χ2n) is 8.35. The zero-order valence-corrected chi connectivity index (χ0v) is 18.6. The molecular weight excluding hydrogens is 415 g/mol. The van der Waals surface area contributed by atoms with Crippen LogP contribution in [0, 0.1) is 0 Å². The first-order chi connectivity index (χ1) is 15.5. The summed E-state index contributed by atoms with van der Waals surface area (Å²) in [6, 6.07) is 25.5. The van der Waals surface area contributed by atoms with Gasteiger partial charge in [-0.1, -0.05) is 84.5 Å². The van der Waals surface area contributed by atoms with Crippen LogP contribution in [0.5, 0.6) is 0 Å². The van der Waals surface area contributed by atoms with E-state index in [1.165, 1.54) is 59.7 Å². The minimum absolute atomic E-state index is 0.0659. The van der Waals surface area contributed by atoms with E-state index >= 15 is 0 Å². The van der Waals surface area contributed by atoms with Crippen molar-refractivity contribution in [1.29, 1.82) is 0 Å². The van der Waals surface area contributed by atoms with Crippen LogP contribution in [-0.2, 0) is 11.0 Å². The van der Waals surface area contributed by atoms with Gasteiger partial charge in [-0.05, 0) is 76.1 Å². The maximum Gasteiger partial charge on any atom is 0.356 e. The molecule has 0 fully saturated rings. The lowest BCUT2D eigenvalue weighted by molar-refractivity contribution is 0.387. The summed E-state index contributed by atoms with van der Waals surface area (Å²) in [6.45, 7) is 0. The summed E-state index contributed by atoms with van der Waals surface area (Å²) < 4.78 is 11.0. The Hall–Kier alpha value is -2.97. The van der Waals surface area contributed by atoms with Crippen LogP contribution in [0.25, 0.3) is 27.1 Å². The summed E-state index contributed by atoms with van der Waals surface area (Å²) in [5.74, 6) is 0. The van der Waals surface area contributed by atoms with Crippen LogP contribution < -0.4 is 5.30 Å². The minimum Gasteiger partial charge on any atom is -0.321 e. The van der Waals surface area contributed by atoms with Crippen molar-refractivity contribution in [1.82, 2.24) is 0 Å². The molecule has 4 aromatic rings. The van der Waals surface area contributed by atoms with Crippen molar-refractivity contribution in [2.75, 3.05) is 0 Å². The van der Waals surface area contributed by atoms with E-state index in [-0.39, 0.29) is 5.30 Å². The van der Waals surface area contributed by atoms with Gasteiger partial charge in [-0.25, -0.2) is 0 Å². The van der Waals surface area contributed by atoms with E-state index in [1.54, 1.807) is 17.2 Å². The molecule has 2 aliphatic carbocycles. The molecule has 0 saturated carbocycles. The van der Waals surface area contributed by atoms with E-state index < -0.39 is 7.60 Å². The van der Waals surface area contributed by atoms with E-state index in [1.807, 2.05) is 24.3 Å². The summed E-state index contributed by atoms with van der Waals surface area (Å²) in [7, 11) is -4.12. The van der Waals surface area contributed by atoms with Gasteiger partial charge in [-0.3, -0.25) is 4.57 Å². The standard InChI is InChI=1S/C18H16.C10H9O3P/c1-3-7-15-13(5-1)9-11-18-16-8-4-2-6-14(16)10-12-17(15)18;11-14(12,13)10-6-5-8-3-1-2-4-9(8)7-10/h1,3-5,7-9,11H,2,6,10,12H2;1-7H,(H2,11,12,13). The largest absolute Gasteiger partial charge is 0.356 e. The molecule has 3 nitrogen and oxygen atoms in total. The third-order valence-corrected chi connectivity index (χ3v) is 7.31. The van der Waals surface area contributed by atoms with Crippen LogP contribution in [0.3, 0.4) is 0 Å². The summed E-state index contributed by atoms with van der Waals surface area (Å²) in [5, 5.41) is 4.70. The van der Waals surface area contributed by atoms with Gasteiger partial charge < -0.3 is 9.79 Å². The van der Waals surface area contributed by atoms with Crippen molar-refractivity contribution in [2.45, 2.75) is 25.7 Å². The number of aryl methyl sites for hydroxylation is 1. The zero-order chi connectivity index (χ0) is 22.1.